The lowest BCUT2D eigenvalue weighted by Crippen LogP contribution is -2.16. The predicted molar refractivity (Wildman–Crippen MR) is 79.0 cm³/mol. The first kappa shape index (κ1) is 14.1. The Morgan fingerprint density at radius 3 is 2.74 bits per heavy atom. The molecule has 0 aliphatic carbocycles. The highest BCUT2D eigenvalue weighted by atomic mass is 35.5. The minimum atomic E-state index is -0.135. The van der Waals surface area contributed by atoms with Crippen LogP contribution in [0.25, 0.3) is 11.3 Å². The Hall–Kier alpha value is -1.32. The fraction of sp³-hybridized carbons (Fsp3) is 0.286. The molecule has 0 saturated carbocycles. The van der Waals surface area contributed by atoms with Gasteiger partial charge in [0.1, 0.15) is 5.82 Å². The molecule has 0 spiro atoms. The van der Waals surface area contributed by atoms with Crippen molar-refractivity contribution in [1.82, 2.24) is 9.97 Å². The zero-order chi connectivity index (χ0) is 14.0. The normalized spacial score (nSPS) is 10.7. The Kier molecular flexibility index (Phi) is 4.27. The topological polar surface area (TPSA) is 45.8 Å². The lowest BCUT2D eigenvalue weighted by atomic mass is 10.1. The first-order chi connectivity index (χ1) is 9.02. The number of halogens is 2. The lowest BCUT2D eigenvalue weighted by Gasteiger charge is -2.09. The second-order valence-corrected chi connectivity index (χ2v) is 5.20. The molecule has 0 fully saturated rings. The first-order valence-corrected chi connectivity index (χ1v) is 6.83. The van der Waals surface area contributed by atoms with Crippen molar-refractivity contribution in [3.8, 4) is 11.3 Å². The van der Waals surface area contributed by atoms with Gasteiger partial charge in [0, 0.05) is 22.6 Å². The van der Waals surface area contributed by atoms with E-state index in [2.05, 4.69) is 9.97 Å². The maximum Gasteiger partial charge on any atom is 0.254 e. The molecule has 0 atom stereocenters. The molecule has 0 amide bonds. The summed E-state index contributed by atoms with van der Waals surface area (Å²) in [6.45, 7) is 3.76. The fourth-order valence-corrected chi connectivity index (χ4v) is 2.25. The van der Waals surface area contributed by atoms with Gasteiger partial charge in [0.15, 0.2) is 0 Å². The summed E-state index contributed by atoms with van der Waals surface area (Å²) in [6.07, 6.45) is 1.63. The standard InChI is InChI=1S/C14H14Cl2N2O/c1-3-4-12-17-13(8(2)14(19)18-12)10-7-9(15)5-6-11(10)16/h5-7H,3-4H2,1-2H3,(H,17,18,19). The summed E-state index contributed by atoms with van der Waals surface area (Å²) in [5.74, 6) is 0.671. The summed E-state index contributed by atoms with van der Waals surface area (Å²) < 4.78 is 0. The Morgan fingerprint density at radius 1 is 1.32 bits per heavy atom. The second kappa shape index (κ2) is 5.76. The summed E-state index contributed by atoms with van der Waals surface area (Å²) >= 11 is 12.2. The summed E-state index contributed by atoms with van der Waals surface area (Å²) in [7, 11) is 0. The lowest BCUT2D eigenvalue weighted by molar-refractivity contribution is 0.823. The third-order valence-electron chi connectivity index (χ3n) is 2.87. The number of aromatic nitrogens is 2. The molecule has 0 bridgehead atoms. The van der Waals surface area contributed by atoms with Gasteiger partial charge in [-0.05, 0) is 31.5 Å². The monoisotopic (exact) mass is 296 g/mol. The molecule has 1 aromatic heterocycles. The van der Waals surface area contributed by atoms with Gasteiger partial charge >= 0.3 is 0 Å². The van der Waals surface area contributed by atoms with Crippen LogP contribution >= 0.6 is 23.2 Å². The Bertz CT molecular complexity index is 665. The molecule has 2 rings (SSSR count). The van der Waals surface area contributed by atoms with E-state index in [1.54, 1.807) is 25.1 Å². The highest BCUT2D eigenvalue weighted by molar-refractivity contribution is 6.35. The van der Waals surface area contributed by atoms with E-state index in [4.69, 9.17) is 23.2 Å². The highest BCUT2D eigenvalue weighted by Crippen LogP contribution is 2.30. The average molecular weight is 297 g/mol. The first-order valence-electron chi connectivity index (χ1n) is 6.08. The molecule has 19 heavy (non-hydrogen) atoms. The number of hydrogen-bond donors (Lipinski definition) is 1. The van der Waals surface area contributed by atoms with Gasteiger partial charge in [-0.1, -0.05) is 30.1 Å². The van der Waals surface area contributed by atoms with E-state index in [-0.39, 0.29) is 5.56 Å². The molecule has 0 aliphatic rings. The molecule has 0 unspecified atom stereocenters. The van der Waals surface area contributed by atoms with Crippen LogP contribution < -0.4 is 5.56 Å². The molecule has 3 nitrogen and oxygen atoms in total. The number of benzene rings is 1. The van der Waals surface area contributed by atoms with Crippen LogP contribution in [0.15, 0.2) is 23.0 Å². The summed E-state index contributed by atoms with van der Waals surface area (Å²) in [5.41, 5.74) is 1.70. The molecule has 1 aromatic carbocycles. The molecule has 0 radical (unpaired) electrons. The molecule has 2 aromatic rings. The van der Waals surface area contributed by atoms with Gasteiger partial charge in [-0.15, -0.1) is 0 Å². The minimum Gasteiger partial charge on any atom is -0.310 e. The predicted octanol–water partition coefficient (Wildman–Crippen LogP) is 4.00. The molecular weight excluding hydrogens is 283 g/mol. The third-order valence-corrected chi connectivity index (χ3v) is 3.44. The van der Waals surface area contributed by atoms with Gasteiger partial charge in [-0.3, -0.25) is 4.79 Å². The van der Waals surface area contributed by atoms with Crippen LogP contribution in [0.3, 0.4) is 0 Å². The van der Waals surface area contributed by atoms with Crippen molar-refractivity contribution in [2.24, 2.45) is 0 Å². The van der Waals surface area contributed by atoms with Crippen molar-refractivity contribution in [3.63, 3.8) is 0 Å². The van der Waals surface area contributed by atoms with Crippen LogP contribution in [0.1, 0.15) is 24.7 Å². The van der Waals surface area contributed by atoms with E-state index in [9.17, 15) is 4.79 Å². The largest absolute Gasteiger partial charge is 0.310 e. The van der Waals surface area contributed by atoms with Gasteiger partial charge in [-0.2, -0.15) is 0 Å². The van der Waals surface area contributed by atoms with E-state index in [0.717, 1.165) is 12.8 Å². The van der Waals surface area contributed by atoms with Gasteiger partial charge in [0.25, 0.3) is 5.56 Å². The van der Waals surface area contributed by atoms with E-state index in [1.807, 2.05) is 6.92 Å². The number of nitrogens with zero attached hydrogens (tertiary/aromatic N) is 1. The Labute approximate surface area is 121 Å². The van der Waals surface area contributed by atoms with Gasteiger partial charge in [-0.25, -0.2) is 4.98 Å². The van der Waals surface area contributed by atoms with Crippen molar-refractivity contribution in [2.75, 3.05) is 0 Å². The van der Waals surface area contributed by atoms with Crippen molar-refractivity contribution in [2.45, 2.75) is 26.7 Å². The smallest absolute Gasteiger partial charge is 0.254 e. The van der Waals surface area contributed by atoms with Crippen LogP contribution in [0.2, 0.25) is 10.0 Å². The molecule has 1 N–H and O–H groups in total. The van der Waals surface area contributed by atoms with Crippen LogP contribution in [0, 0.1) is 6.92 Å². The minimum absolute atomic E-state index is 0.135. The third kappa shape index (κ3) is 2.99. The number of aryl methyl sites for hydroxylation is 1. The van der Waals surface area contributed by atoms with E-state index >= 15 is 0 Å². The average Bonchev–Trinajstić information content (AvgIpc) is 2.37. The summed E-state index contributed by atoms with van der Waals surface area (Å²) in [5, 5.41) is 1.10. The maximum atomic E-state index is 11.9. The van der Waals surface area contributed by atoms with Crippen LogP contribution in [-0.2, 0) is 6.42 Å². The quantitative estimate of drug-likeness (QED) is 0.930. The zero-order valence-electron chi connectivity index (χ0n) is 10.8. The number of aromatic amines is 1. The van der Waals surface area contributed by atoms with Gasteiger partial charge < -0.3 is 4.98 Å². The molecule has 0 aliphatic heterocycles. The van der Waals surface area contributed by atoms with Crippen molar-refractivity contribution < 1.29 is 0 Å². The molecule has 1 heterocycles. The summed E-state index contributed by atoms with van der Waals surface area (Å²) in [6, 6.07) is 5.15. The van der Waals surface area contributed by atoms with Crippen LogP contribution in [0.5, 0.6) is 0 Å². The number of rotatable bonds is 3. The SMILES string of the molecule is CCCc1nc(-c2cc(Cl)ccc2Cl)c(C)c(=O)[nH]1. The number of H-pyrrole nitrogens is 1. The van der Waals surface area contributed by atoms with E-state index in [0.29, 0.717) is 32.7 Å². The molecular formula is C14H14Cl2N2O. The fourth-order valence-electron chi connectivity index (χ4n) is 1.88. The molecule has 5 heteroatoms. The van der Waals surface area contributed by atoms with Crippen molar-refractivity contribution >= 4 is 23.2 Å². The maximum absolute atomic E-state index is 11.9. The van der Waals surface area contributed by atoms with Crippen LogP contribution in [-0.4, -0.2) is 9.97 Å². The van der Waals surface area contributed by atoms with Crippen LogP contribution in [0.4, 0.5) is 0 Å². The van der Waals surface area contributed by atoms with Crippen molar-refractivity contribution in [1.29, 1.82) is 0 Å². The van der Waals surface area contributed by atoms with Gasteiger partial charge in [0.2, 0.25) is 0 Å². The Balaban J connectivity index is 2.67. The van der Waals surface area contributed by atoms with Gasteiger partial charge in [0.05, 0.1) is 10.7 Å². The molecule has 100 valence electrons. The Morgan fingerprint density at radius 2 is 2.05 bits per heavy atom. The summed E-state index contributed by atoms with van der Waals surface area (Å²) in [4.78, 5) is 19.2. The second-order valence-electron chi connectivity index (χ2n) is 4.36. The highest BCUT2D eigenvalue weighted by Gasteiger charge is 2.13. The molecule has 0 saturated heterocycles. The van der Waals surface area contributed by atoms with E-state index in [1.165, 1.54) is 0 Å². The van der Waals surface area contributed by atoms with E-state index < -0.39 is 0 Å². The van der Waals surface area contributed by atoms with Crippen molar-refractivity contribution in [3.05, 3.63) is 50.0 Å². The number of nitrogens with one attached hydrogen (secondary N) is 1. The zero-order valence-corrected chi connectivity index (χ0v) is 12.3. The number of hydrogen-bond acceptors (Lipinski definition) is 2.